The molecule has 1 fully saturated rings. The van der Waals surface area contributed by atoms with Gasteiger partial charge in [-0.3, -0.25) is 4.79 Å². The predicted molar refractivity (Wildman–Crippen MR) is 104 cm³/mol. The number of rotatable bonds is 6. The Balaban J connectivity index is 1.72. The zero-order chi connectivity index (χ0) is 20.9. The number of carbonyl (C=O) groups is 1. The van der Waals surface area contributed by atoms with E-state index in [2.05, 4.69) is 5.32 Å². The van der Waals surface area contributed by atoms with E-state index in [1.807, 2.05) is 24.0 Å². The Hall–Kier alpha value is -2.74. The van der Waals surface area contributed by atoms with E-state index in [1.165, 1.54) is 6.07 Å². The monoisotopic (exact) mass is 408 g/mol. The average Bonchev–Trinajstić information content (AvgIpc) is 2.72. The molecule has 5 nitrogen and oxygen atoms in total. The zero-order valence-electron chi connectivity index (χ0n) is 16.1. The minimum Gasteiger partial charge on any atom is -0.483 e. The Bertz CT molecular complexity index is 849. The van der Waals surface area contributed by atoms with Gasteiger partial charge in [0.1, 0.15) is 5.75 Å². The fraction of sp³-hybridized carbons (Fsp3) is 0.381. The van der Waals surface area contributed by atoms with Gasteiger partial charge in [-0.1, -0.05) is 25.1 Å². The first-order chi connectivity index (χ1) is 13.9. The smallest absolute Gasteiger partial charge is 0.418 e. The number of benzene rings is 2. The number of nitrogens with zero attached hydrogens (tertiary/aromatic N) is 1. The van der Waals surface area contributed by atoms with Gasteiger partial charge in [-0.2, -0.15) is 13.2 Å². The van der Waals surface area contributed by atoms with E-state index in [-0.39, 0.29) is 12.3 Å². The number of aryl methyl sites for hydroxylation is 1. The number of hydrogen-bond donors (Lipinski definition) is 1. The lowest BCUT2D eigenvalue weighted by molar-refractivity contribution is -0.137. The van der Waals surface area contributed by atoms with Gasteiger partial charge >= 0.3 is 6.18 Å². The van der Waals surface area contributed by atoms with Crippen molar-refractivity contribution in [2.75, 3.05) is 43.1 Å². The summed E-state index contributed by atoms with van der Waals surface area (Å²) in [6.45, 7) is 3.56. The molecule has 0 unspecified atom stereocenters. The molecule has 1 aliphatic heterocycles. The molecule has 1 saturated heterocycles. The highest BCUT2D eigenvalue weighted by atomic mass is 19.4. The number of ether oxygens (including phenoxy) is 2. The maximum absolute atomic E-state index is 13.6. The van der Waals surface area contributed by atoms with Crippen molar-refractivity contribution in [2.45, 2.75) is 19.5 Å². The first-order valence-corrected chi connectivity index (χ1v) is 9.43. The molecule has 2 aromatic carbocycles. The van der Waals surface area contributed by atoms with E-state index >= 15 is 0 Å². The van der Waals surface area contributed by atoms with Crippen LogP contribution < -0.4 is 15.0 Å². The minimum atomic E-state index is -4.60. The molecule has 0 aromatic heterocycles. The summed E-state index contributed by atoms with van der Waals surface area (Å²) >= 11 is 0. The highest BCUT2D eigenvalue weighted by molar-refractivity contribution is 5.93. The lowest BCUT2D eigenvalue weighted by Gasteiger charge is -2.29. The minimum absolute atomic E-state index is 0.285. The summed E-state index contributed by atoms with van der Waals surface area (Å²) in [6, 6.07) is 11.2. The van der Waals surface area contributed by atoms with Gasteiger partial charge in [0.15, 0.2) is 6.61 Å². The molecular weight excluding hydrogens is 385 g/mol. The summed E-state index contributed by atoms with van der Waals surface area (Å²) < 4.78 is 51.4. The molecule has 8 heteroatoms. The third-order valence-electron chi connectivity index (χ3n) is 4.67. The van der Waals surface area contributed by atoms with Gasteiger partial charge in [0.05, 0.1) is 24.5 Å². The van der Waals surface area contributed by atoms with Crippen LogP contribution in [0, 0.1) is 0 Å². The first-order valence-electron chi connectivity index (χ1n) is 9.43. The van der Waals surface area contributed by atoms with Crippen LogP contribution in [0.1, 0.15) is 18.1 Å². The number of carbonyl (C=O) groups excluding carboxylic acids is 1. The lowest BCUT2D eigenvalue weighted by atomic mass is 10.1. The van der Waals surface area contributed by atoms with Gasteiger partial charge in [0.25, 0.3) is 5.91 Å². The number of halogens is 3. The molecule has 2 aromatic rings. The van der Waals surface area contributed by atoms with E-state index in [0.717, 1.165) is 18.1 Å². The predicted octanol–water partition coefficient (Wildman–Crippen LogP) is 4.12. The number of amides is 1. The van der Waals surface area contributed by atoms with Crippen LogP contribution in [0.2, 0.25) is 0 Å². The van der Waals surface area contributed by atoms with Gasteiger partial charge < -0.3 is 19.7 Å². The van der Waals surface area contributed by atoms with E-state index in [1.54, 1.807) is 18.2 Å². The Kier molecular flexibility index (Phi) is 6.64. The number of para-hydroxylation sites is 1. The summed E-state index contributed by atoms with van der Waals surface area (Å²) in [6.07, 6.45) is -3.88. The van der Waals surface area contributed by atoms with Crippen LogP contribution in [0.3, 0.4) is 0 Å². The Labute approximate surface area is 167 Å². The molecule has 0 spiro atoms. The molecule has 3 rings (SSSR count). The quantitative estimate of drug-likeness (QED) is 0.781. The summed E-state index contributed by atoms with van der Waals surface area (Å²) in [4.78, 5) is 14.0. The van der Waals surface area contributed by atoms with Crippen molar-refractivity contribution < 1.29 is 27.4 Å². The fourth-order valence-corrected chi connectivity index (χ4v) is 3.16. The molecule has 1 N–H and O–H groups in total. The van der Waals surface area contributed by atoms with Crippen LogP contribution in [-0.4, -0.2) is 38.8 Å². The third-order valence-corrected chi connectivity index (χ3v) is 4.67. The van der Waals surface area contributed by atoms with Crippen molar-refractivity contribution in [2.24, 2.45) is 0 Å². The van der Waals surface area contributed by atoms with Crippen molar-refractivity contribution in [3.05, 3.63) is 53.6 Å². The first kappa shape index (κ1) is 21.0. The van der Waals surface area contributed by atoms with Crippen LogP contribution in [0.4, 0.5) is 24.5 Å². The number of morpholine rings is 1. The SMILES string of the molecule is CCc1ccccc1OCC(=O)Nc1ccc(N2CCOCC2)cc1C(F)(F)F. The van der Waals surface area contributed by atoms with Crippen LogP contribution in [0.15, 0.2) is 42.5 Å². The van der Waals surface area contributed by atoms with Crippen molar-refractivity contribution in [3.63, 3.8) is 0 Å². The van der Waals surface area contributed by atoms with Gasteiger partial charge in [-0.15, -0.1) is 0 Å². The van der Waals surface area contributed by atoms with Crippen molar-refractivity contribution in [1.29, 1.82) is 0 Å². The highest BCUT2D eigenvalue weighted by Gasteiger charge is 2.35. The number of alkyl halides is 3. The molecule has 0 aliphatic carbocycles. The number of anilines is 2. The molecule has 0 radical (unpaired) electrons. The molecular formula is C21H23F3N2O3. The lowest BCUT2D eigenvalue weighted by Crippen LogP contribution is -2.36. The average molecular weight is 408 g/mol. The highest BCUT2D eigenvalue weighted by Crippen LogP contribution is 2.37. The third kappa shape index (κ3) is 5.41. The Morgan fingerprint density at radius 2 is 1.90 bits per heavy atom. The second kappa shape index (κ2) is 9.17. The molecule has 0 saturated carbocycles. The maximum atomic E-state index is 13.6. The number of nitrogens with one attached hydrogen (secondary N) is 1. The largest absolute Gasteiger partial charge is 0.483 e. The maximum Gasteiger partial charge on any atom is 0.418 e. The Morgan fingerprint density at radius 3 is 2.59 bits per heavy atom. The standard InChI is InChI=1S/C21H23F3N2O3/c1-2-15-5-3-4-6-19(15)29-14-20(27)25-18-8-7-16(13-17(18)21(22,23)24)26-9-11-28-12-10-26/h3-8,13H,2,9-12,14H2,1H3,(H,25,27). The summed E-state index contributed by atoms with van der Waals surface area (Å²) in [5.74, 6) is -0.107. The van der Waals surface area contributed by atoms with Crippen molar-refractivity contribution in [3.8, 4) is 5.75 Å². The van der Waals surface area contributed by atoms with Gasteiger partial charge in [-0.05, 0) is 36.2 Å². The van der Waals surface area contributed by atoms with E-state index in [0.29, 0.717) is 37.7 Å². The molecule has 156 valence electrons. The molecule has 0 atom stereocenters. The number of hydrogen-bond acceptors (Lipinski definition) is 4. The van der Waals surface area contributed by atoms with Gasteiger partial charge in [0, 0.05) is 18.8 Å². The van der Waals surface area contributed by atoms with Crippen LogP contribution >= 0.6 is 0 Å². The second-order valence-corrected chi connectivity index (χ2v) is 6.63. The molecule has 29 heavy (non-hydrogen) atoms. The van der Waals surface area contributed by atoms with Gasteiger partial charge in [0.2, 0.25) is 0 Å². The second-order valence-electron chi connectivity index (χ2n) is 6.63. The van der Waals surface area contributed by atoms with Crippen molar-refractivity contribution >= 4 is 17.3 Å². The Morgan fingerprint density at radius 1 is 1.17 bits per heavy atom. The van der Waals surface area contributed by atoms with E-state index in [4.69, 9.17) is 9.47 Å². The zero-order valence-corrected chi connectivity index (χ0v) is 16.1. The van der Waals surface area contributed by atoms with E-state index in [9.17, 15) is 18.0 Å². The summed E-state index contributed by atoms with van der Waals surface area (Å²) in [5, 5.41) is 2.33. The summed E-state index contributed by atoms with van der Waals surface area (Å²) in [5.41, 5.74) is 0.202. The molecule has 0 bridgehead atoms. The summed E-state index contributed by atoms with van der Waals surface area (Å²) in [7, 11) is 0. The normalized spacial score (nSPS) is 14.6. The molecule has 1 aliphatic rings. The van der Waals surface area contributed by atoms with E-state index < -0.39 is 17.6 Å². The van der Waals surface area contributed by atoms with Gasteiger partial charge in [-0.25, -0.2) is 0 Å². The topological polar surface area (TPSA) is 50.8 Å². The van der Waals surface area contributed by atoms with Crippen LogP contribution in [0.25, 0.3) is 0 Å². The van der Waals surface area contributed by atoms with Crippen LogP contribution in [-0.2, 0) is 22.1 Å². The van der Waals surface area contributed by atoms with Crippen LogP contribution in [0.5, 0.6) is 5.75 Å². The fourth-order valence-electron chi connectivity index (χ4n) is 3.16. The molecule has 1 amide bonds. The van der Waals surface area contributed by atoms with Crippen molar-refractivity contribution in [1.82, 2.24) is 0 Å². The molecule has 1 heterocycles.